The SMILES string of the molecule is Cc1cccc2nc(C(=O)NCCN3CCOCC3)cn12. The van der Waals surface area contributed by atoms with Gasteiger partial charge in [0.15, 0.2) is 0 Å². The highest BCUT2D eigenvalue weighted by Gasteiger charge is 2.13. The van der Waals surface area contributed by atoms with E-state index in [1.807, 2.05) is 29.5 Å². The molecule has 1 N–H and O–H groups in total. The van der Waals surface area contributed by atoms with Crippen molar-refractivity contribution in [1.29, 1.82) is 0 Å². The van der Waals surface area contributed by atoms with E-state index in [4.69, 9.17) is 4.74 Å². The van der Waals surface area contributed by atoms with Gasteiger partial charge in [0.1, 0.15) is 11.3 Å². The van der Waals surface area contributed by atoms with Gasteiger partial charge in [-0.15, -0.1) is 0 Å². The molecule has 1 aliphatic rings. The number of fused-ring (bicyclic) bond motifs is 1. The van der Waals surface area contributed by atoms with Gasteiger partial charge in [0.2, 0.25) is 0 Å². The fourth-order valence-corrected chi connectivity index (χ4v) is 2.50. The smallest absolute Gasteiger partial charge is 0.271 e. The Morgan fingerprint density at radius 2 is 2.19 bits per heavy atom. The predicted molar refractivity (Wildman–Crippen MR) is 79.5 cm³/mol. The molecule has 3 rings (SSSR count). The van der Waals surface area contributed by atoms with Crippen LogP contribution >= 0.6 is 0 Å². The number of carbonyl (C=O) groups is 1. The van der Waals surface area contributed by atoms with Crippen LogP contribution in [-0.2, 0) is 4.74 Å². The molecule has 1 aliphatic heterocycles. The summed E-state index contributed by atoms with van der Waals surface area (Å²) in [6.07, 6.45) is 1.79. The molecule has 1 amide bonds. The minimum Gasteiger partial charge on any atom is -0.379 e. The minimum atomic E-state index is -0.119. The van der Waals surface area contributed by atoms with Crippen molar-refractivity contribution in [1.82, 2.24) is 19.6 Å². The van der Waals surface area contributed by atoms with Gasteiger partial charge in [-0.3, -0.25) is 9.69 Å². The maximum absolute atomic E-state index is 12.1. The van der Waals surface area contributed by atoms with Crippen molar-refractivity contribution in [3.8, 4) is 0 Å². The minimum absolute atomic E-state index is 0.119. The quantitative estimate of drug-likeness (QED) is 0.900. The topological polar surface area (TPSA) is 58.9 Å². The summed E-state index contributed by atoms with van der Waals surface area (Å²) >= 11 is 0. The maximum atomic E-state index is 12.1. The summed E-state index contributed by atoms with van der Waals surface area (Å²) in [4.78, 5) is 18.8. The van der Waals surface area contributed by atoms with Crippen LogP contribution in [-0.4, -0.2) is 59.6 Å². The highest BCUT2D eigenvalue weighted by molar-refractivity contribution is 5.92. The van der Waals surface area contributed by atoms with E-state index in [1.165, 1.54) is 0 Å². The number of imidazole rings is 1. The number of rotatable bonds is 4. The highest BCUT2D eigenvalue weighted by atomic mass is 16.5. The molecule has 0 bridgehead atoms. The Labute approximate surface area is 123 Å². The molecule has 6 nitrogen and oxygen atoms in total. The maximum Gasteiger partial charge on any atom is 0.271 e. The highest BCUT2D eigenvalue weighted by Crippen LogP contribution is 2.08. The molecule has 1 fully saturated rings. The van der Waals surface area contributed by atoms with Gasteiger partial charge in [-0.05, 0) is 19.1 Å². The zero-order chi connectivity index (χ0) is 14.7. The number of morpholine rings is 1. The van der Waals surface area contributed by atoms with Crippen molar-refractivity contribution in [2.75, 3.05) is 39.4 Å². The van der Waals surface area contributed by atoms with E-state index in [0.29, 0.717) is 12.2 Å². The van der Waals surface area contributed by atoms with Gasteiger partial charge >= 0.3 is 0 Å². The average molecular weight is 288 g/mol. The second-order valence-electron chi connectivity index (χ2n) is 5.23. The summed E-state index contributed by atoms with van der Waals surface area (Å²) in [5.41, 5.74) is 2.33. The molecule has 0 atom stereocenters. The summed E-state index contributed by atoms with van der Waals surface area (Å²) in [7, 11) is 0. The van der Waals surface area contributed by atoms with Crippen LogP contribution in [0.1, 0.15) is 16.2 Å². The lowest BCUT2D eigenvalue weighted by Crippen LogP contribution is -2.41. The fourth-order valence-electron chi connectivity index (χ4n) is 2.50. The zero-order valence-corrected chi connectivity index (χ0v) is 12.2. The Balaban J connectivity index is 1.57. The number of amides is 1. The van der Waals surface area contributed by atoms with E-state index in [-0.39, 0.29) is 5.91 Å². The second-order valence-corrected chi connectivity index (χ2v) is 5.23. The number of hydrogen-bond acceptors (Lipinski definition) is 4. The first-order chi connectivity index (χ1) is 10.2. The molecule has 3 heterocycles. The Morgan fingerprint density at radius 1 is 1.38 bits per heavy atom. The van der Waals surface area contributed by atoms with E-state index >= 15 is 0 Å². The Bertz CT molecular complexity index is 632. The summed E-state index contributed by atoms with van der Waals surface area (Å²) < 4.78 is 7.23. The van der Waals surface area contributed by atoms with E-state index < -0.39 is 0 Å². The molecule has 0 spiro atoms. The molecule has 1 saturated heterocycles. The van der Waals surface area contributed by atoms with Gasteiger partial charge in [0.25, 0.3) is 5.91 Å². The van der Waals surface area contributed by atoms with Crippen LogP contribution < -0.4 is 5.32 Å². The second kappa shape index (κ2) is 6.24. The summed E-state index contributed by atoms with van der Waals surface area (Å²) in [6.45, 7) is 6.90. The summed E-state index contributed by atoms with van der Waals surface area (Å²) in [5, 5.41) is 2.93. The van der Waals surface area contributed by atoms with Crippen LogP contribution in [0.3, 0.4) is 0 Å². The van der Waals surface area contributed by atoms with Gasteiger partial charge in [0, 0.05) is 38.1 Å². The van der Waals surface area contributed by atoms with Crippen LogP contribution in [0, 0.1) is 6.92 Å². The van der Waals surface area contributed by atoms with Crippen molar-refractivity contribution in [2.45, 2.75) is 6.92 Å². The first-order valence-corrected chi connectivity index (χ1v) is 7.27. The third-order valence-electron chi connectivity index (χ3n) is 3.75. The van der Waals surface area contributed by atoms with E-state index in [9.17, 15) is 4.79 Å². The Morgan fingerprint density at radius 3 is 2.95 bits per heavy atom. The summed E-state index contributed by atoms with van der Waals surface area (Å²) in [5.74, 6) is -0.119. The molecular formula is C15H20N4O2. The number of carbonyl (C=O) groups excluding carboxylic acids is 1. The van der Waals surface area contributed by atoms with Gasteiger partial charge in [-0.25, -0.2) is 4.98 Å². The van der Waals surface area contributed by atoms with Crippen LogP contribution in [0.2, 0.25) is 0 Å². The molecule has 2 aromatic rings. The van der Waals surface area contributed by atoms with Gasteiger partial charge in [0.05, 0.1) is 13.2 Å². The van der Waals surface area contributed by atoms with Crippen molar-refractivity contribution in [3.63, 3.8) is 0 Å². The largest absolute Gasteiger partial charge is 0.379 e. The Hall–Kier alpha value is -1.92. The van der Waals surface area contributed by atoms with Crippen LogP contribution in [0.25, 0.3) is 5.65 Å². The van der Waals surface area contributed by atoms with Gasteiger partial charge in [-0.1, -0.05) is 6.07 Å². The molecule has 0 aliphatic carbocycles. The lowest BCUT2D eigenvalue weighted by Gasteiger charge is -2.26. The number of hydrogen-bond donors (Lipinski definition) is 1. The van der Waals surface area contributed by atoms with Crippen LogP contribution in [0.15, 0.2) is 24.4 Å². The summed E-state index contributed by atoms with van der Waals surface area (Å²) in [6, 6.07) is 5.84. The normalized spacial score (nSPS) is 16.2. The third kappa shape index (κ3) is 3.22. The van der Waals surface area contributed by atoms with Crippen LogP contribution in [0.5, 0.6) is 0 Å². The van der Waals surface area contributed by atoms with Gasteiger partial charge in [-0.2, -0.15) is 0 Å². The monoisotopic (exact) mass is 288 g/mol. The molecule has 0 aromatic carbocycles. The molecule has 0 saturated carbocycles. The lowest BCUT2D eigenvalue weighted by molar-refractivity contribution is 0.0383. The van der Waals surface area contributed by atoms with E-state index in [2.05, 4.69) is 15.2 Å². The standard InChI is InChI=1S/C15H20N4O2/c1-12-3-2-4-14-17-13(11-19(12)14)15(20)16-5-6-18-7-9-21-10-8-18/h2-4,11H,5-10H2,1H3,(H,16,20). The molecule has 21 heavy (non-hydrogen) atoms. The number of aryl methyl sites for hydroxylation is 1. The van der Waals surface area contributed by atoms with E-state index in [0.717, 1.165) is 44.2 Å². The number of ether oxygens (including phenoxy) is 1. The number of nitrogens with one attached hydrogen (secondary N) is 1. The molecule has 0 unspecified atom stereocenters. The lowest BCUT2D eigenvalue weighted by atomic mass is 10.4. The third-order valence-corrected chi connectivity index (χ3v) is 3.75. The van der Waals surface area contributed by atoms with Crippen molar-refractivity contribution < 1.29 is 9.53 Å². The van der Waals surface area contributed by atoms with E-state index in [1.54, 1.807) is 6.20 Å². The fraction of sp³-hybridized carbons (Fsp3) is 0.467. The number of pyridine rings is 1. The van der Waals surface area contributed by atoms with Gasteiger partial charge < -0.3 is 14.5 Å². The first kappa shape index (κ1) is 14.0. The number of nitrogens with zero attached hydrogens (tertiary/aromatic N) is 3. The molecule has 6 heteroatoms. The zero-order valence-electron chi connectivity index (χ0n) is 12.2. The van der Waals surface area contributed by atoms with Crippen molar-refractivity contribution >= 4 is 11.6 Å². The first-order valence-electron chi connectivity index (χ1n) is 7.27. The van der Waals surface area contributed by atoms with Crippen LogP contribution in [0.4, 0.5) is 0 Å². The Kier molecular flexibility index (Phi) is 4.17. The molecule has 112 valence electrons. The predicted octanol–water partition coefficient (Wildman–Crippen LogP) is 0.705. The molecular weight excluding hydrogens is 268 g/mol. The average Bonchev–Trinajstić information content (AvgIpc) is 2.94. The molecule has 0 radical (unpaired) electrons. The van der Waals surface area contributed by atoms with Crippen molar-refractivity contribution in [3.05, 3.63) is 35.8 Å². The number of aromatic nitrogens is 2. The van der Waals surface area contributed by atoms with Crippen molar-refractivity contribution in [2.24, 2.45) is 0 Å². The molecule has 2 aromatic heterocycles.